The Morgan fingerprint density at radius 1 is 0.756 bits per heavy atom. The number of hydrogen-bond donors (Lipinski definition) is 6. The van der Waals surface area contributed by atoms with E-state index in [0.717, 1.165) is 30.3 Å². The number of rotatable bonds is 7. The first-order chi connectivity index (χ1) is 19.0. The lowest BCUT2D eigenvalue weighted by Crippen LogP contribution is -2.13. The van der Waals surface area contributed by atoms with Gasteiger partial charge >= 0.3 is 0 Å². The number of nitrogens with one attached hydrogen (secondary N) is 1. The van der Waals surface area contributed by atoms with Gasteiger partial charge in [-0.15, -0.1) is 10.2 Å². The number of aromatic hydroxyl groups is 1. The van der Waals surface area contributed by atoms with E-state index in [-0.39, 0.29) is 11.3 Å². The molecule has 0 aliphatic carbocycles. The van der Waals surface area contributed by atoms with Crippen molar-refractivity contribution in [1.29, 1.82) is 0 Å². The van der Waals surface area contributed by atoms with E-state index in [2.05, 4.69) is 15.5 Å². The third kappa shape index (κ3) is 6.32. The normalized spacial score (nSPS) is 12.6. The van der Waals surface area contributed by atoms with Crippen LogP contribution in [0, 0.1) is 0 Å². The van der Waals surface area contributed by atoms with Crippen LogP contribution in [0.25, 0.3) is 10.8 Å². The van der Waals surface area contributed by atoms with Crippen LogP contribution < -0.4 is 11.1 Å². The Labute approximate surface area is 232 Å². The van der Waals surface area contributed by atoms with Gasteiger partial charge in [0, 0.05) is 16.6 Å². The van der Waals surface area contributed by atoms with Crippen LogP contribution in [0.15, 0.2) is 91.6 Å². The van der Waals surface area contributed by atoms with E-state index >= 15 is 0 Å². The van der Waals surface area contributed by atoms with Gasteiger partial charge < -0.3 is 16.2 Å². The lowest BCUT2D eigenvalue weighted by Gasteiger charge is -2.15. The number of hydrogen-bond acceptors (Lipinski definition) is 11. The molecule has 0 radical (unpaired) electrons. The van der Waals surface area contributed by atoms with Gasteiger partial charge in [-0.1, -0.05) is 18.2 Å². The number of phenols is 1. The van der Waals surface area contributed by atoms with Crippen LogP contribution in [-0.2, 0) is 30.4 Å². The number of nitrogens with zero attached hydrogens (tertiary/aromatic N) is 2. The van der Waals surface area contributed by atoms with Crippen molar-refractivity contribution in [3.8, 4) is 5.75 Å². The number of fused-ring (bicyclic) bond motifs is 1. The summed E-state index contributed by atoms with van der Waals surface area (Å²) in [7, 11) is -15.0. The number of nitrogen functional groups attached to an aromatic ring is 1. The topological polar surface area (TPSA) is 263 Å². The van der Waals surface area contributed by atoms with E-state index < -0.39 is 84.5 Å². The third-order valence-corrected chi connectivity index (χ3v) is 8.10. The fraction of sp³-hybridized carbons (Fsp3) is 0. The highest BCUT2D eigenvalue weighted by Gasteiger charge is 2.26. The number of phenolic OH excluding ortho intramolecular Hbond substituents is 1. The maximum absolute atomic E-state index is 12.8. The Kier molecular flexibility index (Phi) is 7.56. The van der Waals surface area contributed by atoms with Crippen molar-refractivity contribution in [3.05, 3.63) is 72.3 Å². The van der Waals surface area contributed by atoms with Crippen molar-refractivity contribution in [2.24, 2.45) is 10.2 Å². The van der Waals surface area contributed by atoms with Crippen LogP contribution in [0.1, 0.15) is 10.4 Å². The molecule has 1 amide bonds. The zero-order valence-corrected chi connectivity index (χ0v) is 22.6. The van der Waals surface area contributed by atoms with E-state index in [4.69, 9.17) is 5.73 Å². The van der Waals surface area contributed by atoms with Crippen LogP contribution in [0.2, 0.25) is 0 Å². The molecular formula is C23H18N4O11S3. The van der Waals surface area contributed by atoms with E-state index in [9.17, 15) is 48.8 Å². The van der Waals surface area contributed by atoms with Crippen LogP contribution >= 0.6 is 0 Å². The quantitative estimate of drug-likeness (QED) is 0.0982. The van der Waals surface area contributed by atoms with E-state index in [1.807, 2.05) is 0 Å². The van der Waals surface area contributed by atoms with Crippen molar-refractivity contribution in [2.75, 3.05) is 11.1 Å². The van der Waals surface area contributed by atoms with Crippen molar-refractivity contribution in [2.45, 2.75) is 14.7 Å². The van der Waals surface area contributed by atoms with Gasteiger partial charge in [0.15, 0.2) is 5.75 Å². The first-order valence-electron chi connectivity index (χ1n) is 10.9. The Morgan fingerprint density at radius 2 is 1.39 bits per heavy atom. The van der Waals surface area contributed by atoms with Crippen molar-refractivity contribution in [1.82, 2.24) is 0 Å². The lowest BCUT2D eigenvalue weighted by molar-refractivity contribution is 0.102. The summed E-state index contributed by atoms with van der Waals surface area (Å²) in [4.78, 5) is 10.1. The van der Waals surface area contributed by atoms with Crippen molar-refractivity contribution >= 4 is 69.8 Å². The predicted molar refractivity (Wildman–Crippen MR) is 144 cm³/mol. The predicted octanol–water partition coefficient (Wildman–Crippen LogP) is 3.54. The molecule has 0 saturated heterocycles. The van der Waals surface area contributed by atoms with E-state index in [0.29, 0.717) is 6.07 Å². The van der Waals surface area contributed by atoms with Crippen LogP contribution in [-0.4, -0.2) is 49.9 Å². The number of carbonyl (C=O) groups is 1. The second-order valence-corrected chi connectivity index (χ2v) is 12.5. The molecule has 4 aromatic rings. The minimum absolute atomic E-state index is 0.0345. The number of amides is 1. The molecular weight excluding hydrogens is 604 g/mol. The van der Waals surface area contributed by atoms with Crippen LogP contribution in [0.3, 0.4) is 0 Å². The summed E-state index contributed by atoms with van der Waals surface area (Å²) >= 11 is 0. The molecule has 15 nitrogen and oxygen atoms in total. The second kappa shape index (κ2) is 10.5. The lowest BCUT2D eigenvalue weighted by atomic mass is 10.1. The maximum Gasteiger partial charge on any atom is 0.296 e. The molecule has 4 aromatic carbocycles. The average molecular weight is 623 g/mol. The number of carbonyl (C=O) groups excluding carboxylic acids is 1. The molecule has 41 heavy (non-hydrogen) atoms. The molecule has 0 spiro atoms. The monoisotopic (exact) mass is 622 g/mol. The summed E-state index contributed by atoms with van der Waals surface area (Å²) < 4.78 is 101. The van der Waals surface area contributed by atoms with Gasteiger partial charge in [0.1, 0.15) is 21.2 Å². The van der Waals surface area contributed by atoms with Gasteiger partial charge in [0.2, 0.25) is 0 Å². The molecule has 0 aliphatic rings. The molecule has 0 atom stereocenters. The smallest absolute Gasteiger partial charge is 0.296 e. The second-order valence-electron chi connectivity index (χ2n) is 8.31. The number of nitrogens with two attached hydrogens (primary N) is 1. The number of azo groups is 1. The fourth-order valence-corrected chi connectivity index (χ4v) is 5.52. The van der Waals surface area contributed by atoms with E-state index in [1.54, 1.807) is 6.07 Å². The van der Waals surface area contributed by atoms with E-state index in [1.165, 1.54) is 24.3 Å². The molecule has 7 N–H and O–H groups in total. The molecule has 0 unspecified atom stereocenters. The highest BCUT2D eigenvalue weighted by atomic mass is 32.2. The largest absolute Gasteiger partial charge is 0.505 e. The zero-order valence-electron chi connectivity index (χ0n) is 20.2. The third-order valence-electron chi connectivity index (χ3n) is 5.50. The Hall–Kier alpha value is -4.46. The molecule has 0 fully saturated rings. The van der Waals surface area contributed by atoms with Crippen molar-refractivity contribution in [3.63, 3.8) is 0 Å². The van der Waals surface area contributed by atoms with Gasteiger partial charge in [-0.05, 0) is 53.9 Å². The first-order valence-corrected chi connectivity index (χ1v) is 15.2. The standard InChI is InChI=1S/C23H18N4O11S3/c24-14-6-7-18(40(33,34)35)16(10-14)26-27-21-19(41(36,37)38)9-13-8-15(39(30,31)32)11-17(20(13)22(21)28)25-23(29)12-4-2-1-3-5-12/h1-11,28H,24H2,(H,25,29)(H,30,31,32)(H,33,34,35)(H,36,37,38). The number of anilines is 2. The van der Waals surface area contributed by atoms with Crippen LogP contribution in [0.5, 0.6) is 5.75 Å². The summed E-state index contributed by atoms with van der Waals surface area (Å²) in [5.74, 6) is -1.85. The molecule has 0 heterocycles. The minimum Gasteiger partial charge on any atom is -0.505 e. The zero-order chi connectivity index (χ0) is 30.3. The molecule has 0 aliphatic heterocycles. The molecule has 18 heteroatoms. The fourth-order valence-electron chi connectivity index (χ4n) is 3.72. The SMILES string of the molecule is Nc1ccc(S(=O)(=O)O)c(N=Nc2c(S(=O)(=O)O)cc3cc(S(=O)(=O)O)cc(NC(=O)c4ccccc4)c3c2O)c1. The van der Waals surface area contributed by atoms with Gasteiger partial charge in [0.05, 0.1) is 10.6 Å². The molecule has 0 aromatic heterocycles. The minimum atomic E-state index is -5.23. The molecule has 0 bridgehead atoms. The molecule has 214 valence electrons. The summed E-state index contributed by atoms with van der Waals surface area (Å²) in [6.45, 7) is 0. The highest BCUT2D eigenvalue weighted by molar-refractivity contribution is 7.86. The summed E-state index contributed by atoms with van der Waals surface area (Å²) in [5, 5.41) is 19.9. The summed E-state index contributed by atoms with van der Waals surface area (Å²) in [6.07, 6.45) is 0. The van der Waals surface area contributed by atoms with Gasteiger partial charge in [0.25, 0.3) is 36.3 Å². The Bertz CT molecular complexity index is 2080. The van der Waals surface area contributed by atoms with Crippen molar-refractivity contribution < 1.29 is 48.8 Å². The molecule has 0 saturated carbocycles. The van der Waals surface area contributed by atoms with Gasteiger partial charge in [-0.25, -0.2) is 0 Å². The van der Waals surface area contributed by atoms with Crippen LogP contribution in [0.4, 0.5) is 22.7 Å². The van der Waals surface area contributed by atoms with Gasteiger partial charge in [-0.2, -0.15) is 25.3 Å². The maximum atomic E-state index is 12.8. The Balaban J connectivity index is 2.04. The highest BCUT2D eigenvalue weighted by Crippen LogP contribution is 2.45. The summed E-state index contributed by atoms with van der Waals surface area (Å²) in [6, 6.07) is 12.7. The Morgan fingerprint density at radius 3 is 1.98 bits per heavy atom. The summed E-state index contributed by atoms with van der Waals surface area (Å²) in [5.41, 5.74) is 3.74. The molecule has 4 rings (SSSR count). The first kappa shape index (κ1) is 29.5. The number of benzene rings is 4. The van der Waals surface area contributed by atoms with Gasteiger partial charge in [-0.3, -0.25) is 18.5 Å². The average Bonchev–Trinajstić information content (AvgIpc) is 2.86.